The third-order valence-corrected chi connectivity index (χ3v) is 3.30. The van der Waals surface area contributed by atoms with Crippen LogP contribution in [0.4, 0.5) is 0 Å². The summed E-state index contributed by atoms with van der Waals surface area (Å²) in [6, 6.07) is 0. The Morgan fingerprint density at radius 3 is 2.69 bits per heavy atom. The maximum Gasteiger partial charge on any atom is 0.226 e. The normalized spacial score (nSPS) is 16.3. The highest BCUT2D eigenvalue weighted by atomic mass is 16.5. The maximum absolute atomic E-state index is 5.44. The summed E-state index contributed by atoms with van der Waals surface area (Å²) in [4.78, 5) is 4.45. The molecule has 1 heterocycles. The molecule has 0 amide bonds. The van der Waals surface area contributed by atoms with Gasteiger partial charge in [-0.05, 0) is 32.2 Å². The molecule has 16 heavy (non-hydrogen) atoms. The van der Waals surface area contributed by atoms with Gasteiger partial charge in [-0.2, -0.15) is 4.98 Å². The summed E-state index contributed by atoms with van der Waals surface area (Å²) in [6.07, 6.45) is 9.37. The molecular formula is C12H21N3O. The van der Waals surface area contributed by atoms with Gasteiger partial charge in [0.05, 0.1) is 0 Å². The Morgan fingerprint density at radius 1 is 1.19 bits per heavy atom. The van der Waals surface area contributed by atoms with Crippen LogP contribution in [0.15, 0.2) is 4.52 Å². The Morgan fingerprint density at radius 2 is 2.00 bits per heavy atom. The predicted octanol–water partition coefficient (Wildman–Crippen LogP) is 2.40. The van der Waals surface area contributed by atoms with Crippen LogP contribution in [-0.2, 0) is 6.42 Å². The van der Waals surface area contributed by atoms with E-state index in [2.05, 4.69) is 10.1 Å². The molecule has 4 heteroatoms. The molecule has 0 atom stereocenters. The minimum Gasteiger partial charge on any atom is -0.339 e. The first-order chi connectivity index (χ1) is 7.90. The van der Waals surface area contributed by atoms with Crippen LogP contribution in [0.2, 0.25) is 0 Å². The SMILES string of the molecule is NCCCCCCc1nc(C2CCC2)no1. The zero-order chi connectivity index (χ0) is 11.2. The van der Waals surface area contributed by atoms with Crippen molar-refractivity contribution in [1.29, 1.82) is 0 Å². The minimum atomic E-state index is 0.578. The largest absolute Gasteiger partial charge is 0.339 e. The van der Waals surface area contributed by atoms with Gasteiger partial charge in [0.1, 0.15) is 0 Å². The second kappa shape index (κ2) is 5.99. The van der Waals surface area contributed by atoms with Crippen molar-refractivity contribution in [2.24, 2.45) is 5.73 Å². The summed E-state index contributed by atoms with van der Waals surface area (Å²) in [5, 5.41) is 4.05. The first-order valence-electron chi connectivity index (χ1n) is 6.42. The maximum atomic E-state index is 5.44. The van der Waals surface area contributed by atoms with Gasteiger partial charge in [-0.15, -0.1) is 0 Å². The van der Waals surface area contributed by atoms with Crippen molar-refractivity contribution in [2.45, 2.75) is 57.3 Å². The fourth-order valence-electron chi connectivity index (χ4n) is 1.98. The van der Waals surface area contributed by atoms with Crippen molar-refractivity contribution in [3.8, 4) is 0 Å². The molecule has 0 aromatic carbocycles. The Labute approximate surface area is 96.6 Å². The van der Waals surface area contributed by atoms with Gasteiger partial charge in [0.25, 0.3) is 0 Å². The van der Waals surface area contributed by atoms with Crippen LogP contribution in [0, 0.1) is 0 Å². The molecule has 2 rings (SSSR count). The van der Waals surface area contributed by atoms with Crippen LogP contribution < -0.4 is 5.73 Å². The van der Waals surface area contributed by atoms with Crippen LogP contribution in [-0.4, -0.2) is 16.7 Å². The molecule has 0 saturated heterocycles. The van der Waals surface area contributed by atoms with Gasteiger partial charge < -0.3 is 10.3 Å². The third-order valence-electron chi connectivity index (χ3n) is 3.30. The van der Waals surface area contributed by atoms with Crippen LogP contribution in [0.5, 0.6) is 0 Å². The first-order valence-corrected chi connectivity index (χ1v) is 6.42. The van der Waals surface area contributed by atoms with Crippen molar-refractivity contribution in [1.82, 2.24) is 10.1 Å². The second-order valence-electron chi connectivity index (χ2n) is 4.63. The lowest BCUT2D eigenvalue weighted by molar-refractivity contribution is 0.345. The van der Waals surface area contributed by atoms with Gasteiger partial charge in [-0.25, -0.2) is 0 Å². The monoisotopic (exact) mass is 223 g/mol. The Kier molecular flexibility index (Phi) is 4.34. The number of nitrogens with zero attached hydrogens (tertiary/aromatic N) is 2. The molecule has 90 valence electrons. The van der Waals surface area contributed by atoms with E-state index in [1.54, 1.807) is 0 Å². The highest BCUT2D eigenvalue weighted by Gasteiger charge is 2.24. The molecule has 1 aliphatic rings. The molecule has 1 fully saturated rings. The highest BCUT2D eigenvalue weighted by molar-refractivity contribution is 4.99. The lowest BCUT2D eigenvalue weighted by Crippen LogP contribution is -2.10. The molecule has 1 saturated carbocycles. The topological polar surface area (TPSA) is 64.9 Å². The van der Waals surface area contributed by atoms with Gasteiger partial charge in [0, 0.05) is 12.3 Å². The molecule has 1 aromatic rings. The van der Waals surface area contributed by atoms with E-state index in [1.807, 2.05) is 0 Å². The lowest BCUT2D eigenvalue weighted by Gasteiger charge is -2.20. The summed E-state index contributed by atoms with van der Waals surface area (Å²) >= 11 is 0. The van der Waals surface area contributed by atoms with E-state index in [-0.39, 0.29) is 0 Å². The van der Waals surface area contributed by atoms with Gasteiger partial charge in [-0.3, -0.25) is 0 Å². The minimum absolute atomic E-state index is 0.578. The number of aromatic nitrogens is 2. The third kappa shape index (κ3) is 3.04. The van der Waals surface area contributed by atoms with Gasteiger partial charge in [0.2, 0.25) is 5.89 Å². The number of nitrogens with two attached hydrogens (primary N) is 1. The van der Waals surface area contributed by atoms with Crippen LogP contribution >= 0.6 is 0 Å². The van der Waals surface area contributed by atoms with Crippen molar-refractivity contribution in [3.05, 3.63) is 11.7 Å². The van der Waals surface area contributed by atoms with E-state index < -0.39 is 0 Å². The zero-order valence-corrected chi connectivity index (χ0v) is 9.82. The van der Waals surface area contributed by atoms with E-state index in [4.69, 9.17) is 10.3 Å². The molecule has 0 bridgehead atoms. The summed E-state index contributed by atoms with van der Waals surface area (Å²) in [6.45, 7) is 0.798. The number of aryl methyl sites for hydroxylation is 1. The van der Waals surface area contributed by atoms with Gasteiger partial charge in [-0.1, -0.05) is 24.4 Å². The number of hydrogen-bond donors (Lipinski definition) is 1. The van der Waals surface area contributed by atoms with Crippen molar-refractivity contribution < 1.29 is 4.52 Å². The molecule has 0 radical (unpaired) electrons. The zero-order valence-electron chi connectivity index (χ0n) is 9.82. The molecule has 4 nitrogen and oxygen atoms in total. The summed E-state index contributed by atoms with van der Waals surface area (Å²) in [5.41, 5.74) is 5.44. The number of unbranched alkanes of at least 4 members (excludes halogenated alkanes) is 3. The summed E-state index contributed by atoms with van der Waals surface area (Å²) < 4.78 is 5.24. The molecule has 2 N–H and O–H groups in total. The summed E-state index contributed by atoms with van der Waals surface area (Å²) in [5.74, 6) is 2.33. The van der Waals surface area contributed by atoms with Crippen LogP contribution in [0.1, 0.15) is 62.6 Å². The van der Waals surface area contributed by atoms with Gasteiger partial charge in [0.15, 0.2) is 5.82 Å². The fourth-order valence-corrected chi connectivity index (χ4v) is 1.98. The smallest absolute Gasteiger partial charge is 0.226 e. The van der Waals surface area contributed by atoms with Crippen molar-refractivity contribution >= 4 is 0 Å². The fraction of sp³-hybridized carbons (Fsp3) is 0.833. The standard InChI is InChI=1S/C12H21N3O/c13-9-4-2-1-3-8-11-14-12(15-16-11)10-6-5-7-10/h10H,1-9,13H2. The highest BCUT2D eigenvalue weighted by Crippen LogP contribution is 2.34. The van der Waals surface area contributed by atoms with E-state index in [0.29, 0.717) is 5.92 Å². The lowest BCUT2D eigenvalue weighted by atomic mass is 9.85. The van der Waals surface area contributed by atoms with E-state index in [1.165, 1.54) is 32.1 Å². The van der Waals surface area contributed by atoms with Crippen molar-refractivity contribution in [2.75, 3.05) is 6.54 Å². The Hall–Kier alpha value is -0.900. The van der Waals surface area contributed by atoms with E-state index >= 15 is 0 Å². The molecule has 0 spiro atoms. The summed E-state index contributed by atoms with van der Waals surface area (Å²) in [7, 11) is 0. The van der Waals surface area contributed by atoms with Crippen LogP contribution in [0.25, 0.3) is 0 Å². The molecular weight excluding hydrogens is 202 g/mol. The average molecular weight is 223 g/mol. The quantitative estimate of drug-likeness (QED) is 0.721. The van der Waals surface area contributed by atoms with E-state index in [9.17, 15) is 0 Å². The molecule has 1 aromatic heterocycles. The van der Waals surface area contributed by atoms with Crippen molar-refractivity contribution in [3.63, 3.8) is 0 Å². The van der Waals surface area contributed by atoms with Gasteiger partial charge >= 0.3 is 0 Å². The molecule has 1 aliphatic carbocycles. The Balaban J connectivity index is 1.66. The molecule has 0 unspecified atom stereocenters. The Bertz CT molecular complexity index is 307. The number of rotatable bonds is 7. The number of hydrogen-bond acceptors (Lipinski definition) is 4. The first kappa shape index (κ1) is 11.6. The van der Waals surface area contributed by atoms with E-state index in [0.717, 1.165) is 37.5 Å². The van der Waals surface area contributed by atoms with Crippen LogP contribution in [0.3, 0.4) is 0 Å². The predicted molar refractivity (Wildman–Crippen MR) is 62.1 cm³/mol. The average Bonchev–Trinajstić information content (AvgIpc) is 2.64. The second-order valence-corrected chi connectivity index (χ2v) is 4.63. The molecule has 0 aliphatic heterocycles.